The van der Waals surface area contributed by atoms with Crippen LogP contribution in [-0.2, 0) is 42.8 Å². The maximum atomic E-state index is 12.9. The van der Waals surface area contributed by atoms with Crippen molar-refractivity contribution in [2.24, 2.45) is 0 Å². The number of halogens is 1. The second-order valence-electron chi connectivity index (χ2n) is 9.08. The number of carboxylic acid groups (broad SMARTS) is 1. The van der Waals surface area contributed by atoms with Crippen molar-refractivity contribution in [3.63, 3.8) is 0 Å². The first-order valence-corrected chi connectivity index (χ1v) is 14.1. The van der Waals surface area contributed by atoms with E-state index in [9.17, 15) is 18.0 Å². The molecule has 0 spiro atoms. The van der Waals surface area contributed by atoms with Gasteiger partial charge in [0.1, 0.15) is 6.10 Å². The zero-order valence-electron chi connectivity index (χ0n) is 21.3. The number of aryl methyl sites for hydroxylation is 1. The van der Waals surface area contributed by atoms with Crippen LogP contribution in [-0.4, -0.2) is 30.6 Å². The Bertz CT molecular complexity index is 1610. The summed E-state index contributed by atoms with van der Waals surface area (Å²) >= 11 is 6.21. The van der Waals surface area contributed by atoms with E-state index >= 15 is 0 Å². The van der Waals surface area contributed by atoms with Crippen LogP contribution in [0, 0.1) is 6.92 Å². The molecule has 0 fully saturated rings. The zero-order chi connectivity index (χ0) is 28.2. The van der Waals surface area contributed by atoms with Gasteiger partial charge in [0.2, 0.25) is 0 Å². The summed E-state index contributed by atoms with van der Waals surface area (Å²) < 4.78 is 37.0. The summed E-state index contributed by atoms with van der Waals surface area (Å²) in [5.74, 6) is -1.38. The Labute approximate surface area is 231 Å². The normalized spacial score (nSPS) is 12.2. The predicted octanol–water partition coefficient (Wildman–Crippen LogP) is 5.75. The molecule has 4 rings (SSSR count). The van der Waals surface area contributed by atoms with Crippen molar-refractivity contribution in [3.05, 3.63) is 106 Å². The monoisotopic (exact) mass is 567 g/mol. The highest BCUT2D eigenvalue weighted by Gasteiger charge is 2.22. The molecule has 1 aromatic heterocycles. The van der Waals surface area contributed by atoms with Gasteiger partial charge >= 0.3 is 11.9 Å². The first-order chi connectivity index (χ1) is 18.5. The Balaban J connectivity index is 1.47. The largest absolute Gasteiger partial charge is 0.481 e. The van der Waals surface area contributed by atoms with Gasteiger partial charge in [-0.15, -0.1) is 0 Å². The van der Waals surface area contributed by atoms with Gasteiger partial charge in [-0.1, -0.05) is 71.4 Å². The van der Waals surface area contributed by atoms with Gasteiger partial charge in [-0.05, 0) is 43.2 Å². The number of nitrogens with zero attached hydrogens (tertiary/aromatic N) is 1. The van der Waals surface area contributed by atoms with Gasteiger partial charge in [-0.25, -0.2) is 8.42 Å². The molecule has 4 aromatic rings. The summed E-state index contributed by atoms with van der Waals surface area (Å²) in [4.78, 5) is 23.8. The fraction of sp³-hybridized carbons (Fsp3) is 0.207. The number of carbonyl (C=O) groups excluding carboxylic acids is 1. The lowest BCUT2D eigenvalue weighted by atomic mass is 10.0. The molecule has 202 valence electrons. The Morgan fingerprint density at radius 2 is 1.72 bits per heavy atom. The van der Waals surface area contributed by atoms with E-state index in [1.165, 1.54) is 18.2 Å². The van der Waals surface area contributed by atoms with Crippen LogP contribution in [0.15, 0.2) is 82.2 Å². The van der Waals surface area contributed by atoms with E-state index in [1.54, 1.807) is 62.4 Å². The highest BCUT2D eigenvalue weighted by molar-refractivity contribution is 7.90. The highest BCUT2D eigenvalue weighted by atomic mass is 35.5. The quantitative estimate of drug-likeness (QED) is 0.240. The van der Waals surface area contributed by atoms with E-state index in [4.69, 9.17) is 26.0 Å². The van der Waals surface area contributed by atoms with E-state index < -0.39 is 27.9 Å². The molecule has 8 nitrogen and oxygen atoms in total. The van der Waals surface area contributed by atoms with E-state index in [0.717, 1.165) is 0 Å². The molecule has 3 aromatic carbocycles. The predicted molar refractivity (Wildman–Crippen MR) is 145 cm³/mol. The van der Waals surface area contributed by atoms with Gasteiger partial charge < -0.3 is 14.4 Å². The number of aromatic nitrogens is 1. The number of esters is 1. The zero-order valence-corrected chi connectivity index (χ0v) is 22.8. The van der Waals surface area contributed by atoms with Crippen LogP contribution in [0.5, 0.6) is 0 Å². The minimum atomic E-state index is -3.71. The van der Waals surface area contributed by atoms with E-state index in [-0.39, 0.29) is 23.5 Å². The van der Waals surface area contributed by atoms with Gasteiger partial charge in [0.15, 0.2) is 15.6 Å². The topological polar surface area (TPSA) is 124 Å². The summed E-state index contributed by atoms with van der Waals surface area (Å²) in [5, 5.41) is 13.5. The van der Waals surface area contributed by atoms with Crippen molar-refractivity contribution in [2.45, 2.75) is 43.4 Å². The number of hydrogen-bond acceptors (Lipinski definition) is 7. The second-order valence-corrected chi connectivity index (χ2v) is 11.5. The number of carbonyl (C=O) groups is 2. The van der Waals surface area contributed by atoms with Gasteiger partial charge in [0, 0.05) is 21.7 Å². The molecule has 0 saturated heterocycles. The van der Waals surface area contributed by atoms with E-state index in [2.05, 4.69) is 5.16 Å². The molecular formula is C29H26ClNO7S. The summed E-state index contributed by atoms with van der Waals surface area (Å²) in [7, 11) is -3.71. The van der Waals surface area contributed by atoms with E-state index in [0.29, 0.717) is 44.3 Å². The minimum Gasteiger partial charge on any atom is -0.481 e. The van der Waals surface area contributed by atoms with Crippen LogP contribution in [0.2, 0.25) is 5.02 Å². The number of hydrogen-bond donors (Lipinski definition) is 1. The van der Waals surface area contributed by atoms with Gasteiger partial charge in [-0.2, -0.15) is 0 Å². The maximum Gasteiger partial charge on any atom is 0.311 e. The number of aliphatic carboxylic acids is 1. The third kappa shape index (κ3) is 6.93. The summed E-state index contributed by atoms with van der Waals surface area (Å²) in [5.41, 5.74) is 3.39. The first kappa shape index (κ1) is 28.1. The standard InChI is InChI=1S/C29H26ClNO7S/c1-18-25(16-28(34)37-19(2)24-8-3-4-9-26(24)30)29(38-31-18)22-12-10-20(11-13-22)17-39(35,36)23-7-5-6-21(14-23)15-27(32)33/h3-14,19H,15-17H2,1-2H3,(H,32,33). The average Bonchev–Trinajstić information content (AvgIpc) is 3.24. The molecule has 39 heavy (non-hydrogen) atoms. The molecule has 1 heterocycles. The third-order valence-electron chi connectivity index (χ3n) is 6.14. The summed E-state index contributed by atoms with van der Waals surface area (Å²) in [6, 6.07) is 19.8. The average molecular weight is 568 g/mol. The number of benzene rings is 3. The van der Waals surface area contributed by atoms with Crippen LogP contribution in [0.1, 0.15) is 41.0 Å². The van der Waals surface area contributed by atoms with Crippen LogP contribution in [0.4, 0.5) is 0 Å². The molecule has 1 unspecified atom stereocenters. The lowest BCUT2D eigenvalue weighted by Gasteiger charge is -2.15. The number of sulfone groups is 1. The number of ether oxygens (including phenoxy) is 1. The molecule has 10 heteroatoms. The van der Waals surface area contributed by atoms with Crippen molar-refractivity contribution in [2.75, 3.05) is 0 Å². The lowest BCUT2D eigenvalue weighted by molar-refractivity contribution is -0.147. The number of rotatable bonds is 10. The van der Waals surface area contributed by atoms with Gasteiger partial charge in [0.25, 0.3) is 0 Å². The van der Waals surface area contributed by atoms with Gasteiger partial charge in [-0.3, -0.25) is 9.59 Å². The molecule has 0 aliphatic carbocycles. The fourth-order valence-corrected chi connectivity index (χ4v) is 5.86. The minimum absolute atomic E-state index is 0.0583. The molecule has 0 amide bonds. The third-order valence-corrected chi connectivity index (χ3v) is 8.17. The summed E-state index contributed by atoms with van der Waals surface area (Å²) in [6.45, 7) is 3.47. The smallest absolute Gasteiger partial charge is 0.311 e. The van der Waals surface area contributed by atoms with Crippen molar-refractivity contribution in [1.82, 2.24) is 5.16 Å². The molecule has 0 radical (unpaired) electrons. The Kier molecular flexibility index (Phi) is 8.52. The SMILES string of the molecule is Cc1noc(-c2ccc(CS(=O)(=O)c3cccc(CC(=O)O)c3)cc2)c1CC(=O)OC(C)c1ccccc1Cl. The van der Waals surface area contributed by atoms with Crippen molar-refractivity contribution in [1.29, 1.82) is 0 Å². The van der Waals surface area contributed by atoms with Crippen molar-refractivity contribution >= 4 is 33.4 Å². The Morgan fingerprint density at radius 1 is 1.00 bits per heavy atom. The molecule has 1 atom stereocenters. The molecule has 0 aliphatic rings. The second kappa shape index (κ2) is 11.8. The fourth-order valence-electron chi connectivity index (χ4n) is 4.15. The highest BCUT2D eigenvalue weighted by Crippen LogP contribution is 2.30. The maximum absolute atomic E-state index is 12.9. The summed E-state index contributed by atoms with van der Waals surface area (Å²) in [6.07, 6.45) is -0.869. The Morgan fingerprint density at radius 3 is 2.41 bits per heavy atom. The van der Waals surface area contributed by atoms with E-state index in [1.807, 2.05) is 6.07 Å². The van der Waals surface area contributed by atoms with Crippen LogP contribution >= 0.6 is 11.6 Å². The molecular weight excluding hydrogens is 542 g/mol. The lowest BCUT2D eigenvalue weighted by Crippen LogP contribution is -2.12. The molecule has 0 bridgehead atoms. The molecule has 0 saturated carbocycles. The first-order valence-electron chi connectivity index (χ1n) is 12.1. The van der Waals surface area contributed by atoms with Crippen LogP contribution in [0.25, 0.3) is 11.3 Å². The Hall–Kier alpha value is -3.95. The molecule has 0 aliphatic heterocycles. The van der Waals surface area contributed by atoms with Gasteiger partial charge in [0.05, 0.1) is 29.2 Å². The van der Waals surface area contributed by atoms with Crippen molar-refractivity contribution in [3.8, 4) is 11.3 Å². The van der Waals surface area contributed by atoms with Crippen LogP contribution in [0.3, 0.4) is 0 Å². The molecule has 1 N–H and O–H groups in total. The van der Waals surface area contributed by atoms with Crippen molar-refractivity contribution < 1.29 is 32.4 Å². The van der Waals surface area contributed by atoms with Crippen LogP contribution < -0.4 is 0 Å². The number of carboxylic acids is 1.